The SMILES string of the molecule is COC1=Nc2c(Cl)cc(Cl)cc2C2C1=C(N)Oc1nc(C)[nH]c12. The number of hydrogen-bond donors (Lipinski definition) is 2. The maximum Gasteiger partial charge on any atom is 0.243 e. The lowest BCUT2D eigenvalue weighted by atomic mass is 9.84. The molecule has 0 saturated heterocycles. The highest BCUT2D eigenvalue weighted by Gasteiger charge is 2.40. The molecular formula is C15H12Cl2N4O2. The number of fused-ring (bicyclic) bond motifs is 5. The van der Waals surface area contributed by atoms with Crippen molar-refractivity contribution < 1.29 is 9.47 Å². The Kier molecular flexibility index (Phi) is 3.08. The number of methoxy groups -OCH3 is 1. The summed E-state index contributed by atoms with van der Waals surface area (Å²) in [5, 5.41) is 0.968. The number of aryl methyl sites for hydroxylation is 1. The van der Waals surface area contributed by atoms with Gasteiger partial charge in [0, 0.05) is 5.02 Å². The summed E-state index contributed by atoms with van der Waals surface area (Å²) >= 11 is 12.5. The Morgan fingerprint density at radius 3 is 2.87 bits per heavy atom. The number of nitrogens with one attached hydrogen (secondary N) is 1. The minimum absolute atomic E-state index is 0.205. The Balaban J connectivity index is 2.07. The Morgan fingerprint density at radius 1 is 1.35 bits per heavy atom. The summed E-state index contributed by atoms with van der Waals surface area (Å²) in [7, 11) is 1.53. The van der Waals surface area contributed by atoms with E-state index in [1.54, 1.807) is 6.07 Å². The molecule has 0 saturated carbocycles. The van der Waals surface area contributed by atoms with E-state index >= 15 is 0 Å². The van der Waals surface area contributed by atoms with Crippen molar-refractivity contribution in [3.63, 3.8) is 0 Å². The van der Waals surface area contributed by atoms with Gasteiger partial charge in [0.25, 0.3) is 0 Å². The van der Waals surface area contributed by atoms with Crippen molar-refractivity contribution in [3.05, 3.63) is 50.7 Å². The van der Waals surface area contributed by atoms with Gasteiger partial charge < -0.3 is 20.2 Å². The molecule has 1 aromatic carbocycles. The second-order valence-corrected chi connectivity index (χ2v) is 6.14. The maximum absolute atomic E-state index is 6.32. The highest BCUT2D eigenvalue weighted by atomic mass is 35.5. The molecule has 0 radical (unpaired) electrons. The highest BCUT2D eigenvalue weighted by Crippen LogP contribution is 2.50. The number of aromatic nitrogens is 2. The van der Waals surface area contributed by atoms with Gasteiger partial charge in [0.15, 0.2) is 0 Å². The quantitative estimate of drug-likeness (QED) is 0.762. The smallest absolute Gasteiger partial charge is 0.243 e. The van der Waals surface area contributed by atoms with Crippen LogP contribution in [0, 0.1) is 6.92 Å². The highest BCUT2D eigenvalue weighted by molar-refractivity contribution is 6.36. The van der Waals surface area contributed by atoms with Crippen molar-refractivity contribution in [1.29, 1.82) is 0 Å². The molecule has 1 atom stereocenters. The lowest BCUT2D eigenvalue weighted by Crippen LogP contribution is -2.29. The number of aromatic amines is 1. The zero-order valence-electron chi connectivity index (χ0n) is 12.3. The number of hydrogen-bond acceptors (Lipinski definition) is 5. The molecule has 118 valence electrons. The number of halogens is 2. The van der Waals surface area contributed by atoms with E-state index in [2.05, 4.69) is 15.0 Å². The molecule has 1 unspecified atom stereocenters. The molecule has 3 N–H and O–H groups in total. The van der Waals surface area contributed by atoms with E-state index in [9.17, 15) is 0 Å². The third kappa shape index (κ3) is 2.02. The van der Waals surface area contributed by atoms with Gasteiger partial charge in [-0.15, -0.1) is 0 Å². The number of imidazole rings is 1. The fourth-order valence-electron chi connectivity index (χ4n) is 2.99. The van der Waals surface area contributed by atoms with E-state index in [1.165, 1.54) is 7.11 Å². The Morgan fingerprint density at radius 2 is 2.13 bits per heavy atom. The summed E-state index contributed by atoms with van der Waals surface area (Å²) < 4.78 is 11.0. The zero-order valence-corrected chi connectivity index (χ0v) is 13.8. The number of benzene rings is 1. The van der Waals surface area contributed by atoms with Gasteiger partial charge in [-0.05, 0) is 24.6 Å². The Bertz CT molecular complexity index is 901. The van der Waals surface area contributed by atoms with Gasteiger partial charge in [-0.1, -0.05) is 23.2 Å². The van der Waals surface area contributed by atoms with Crippen LogP contribution < -0.4 is 10.5 Å². The van der Waals surface area contributed by atoms with Gasteiger partial charge in [0.1, 0.15) is 5.82 Å². The first-order valence-corrected chi connectivity index (χ1v) is 7.61. The topological polar surface area (TPSA) is 85.5 Å². The molecule has 2 aliphatic rings. The first kappa shape index (κ1) is 14.4. The summed E-state index contributed by atoms with van der Waals surface area (Å²) in [6.45, 7) is 1.84. The minimum atomic E-state index is -0.279. The van der Waals surface area contributed by atoms with Crippen molar-refractivity contribution in [1.82, 2.24) is 9.97 Å². The summed E-state index contributed by atoms with van der Waals surface area (Å²) in [6, 6.07) is 3.47. The number of nitrogens with zero attached hydrogens (tertiary/aromatic N) is 2. The molecule has 0 fully saturated rings. The van der Waals surface area contributed by atoms with Crippen molar-refractivity contribution >= 4 is 34.8 Å². The van der Waals surface area contributed by atoms with Gasteiger partial charge in [0.05, 0.1) is 35.0 Å². The third-order valence-corrected chi connectivity index (χ3v) is 4.38. The fourth-order valence-corrected chi connectivity index (χ4v) is 3.54. The van der Waals surface area contributed by atoms with Crippen LogP contribution in [0.3, 0.4) is 0 Å². The number of nitrogens with two attached hydrogens (primary N) is 1. The molecule has 2 aromatic rings. The first-order chi connectivity index (χ1) is 11.0. The van der Waals surface area contributed by atoms with Crippen molar-refractivity contribution in [2.45, 2.75) is 12.8 Å². The van der Waals surface area contributed by atoms with E-state index in [1.807, 2.05) is 13.0 Å². The van der Waals surface area contributed by atoms with E-state index in [0.29, 0.717) is 33.1 Å². The van der Waals surface area contributed by atoms with Gasteiger partial charge in [-0.25, -0.2) is 4.99 Å². The predicted molar refractivity (Wildman–Crippen MR) is 87.6 cm³/mol. The van der Waals surface area contributed by atoms with Gasteiger partial charge in [0.2, 0.25) is 17.7 Å². The predicted octanol–water partition coefficient (Wildman–Crippen LogP) is 3.41. The molecule has 0 amide bonds. The monoisotopic (exact) mass is 350 g/mol. The average molecular weight is 351 g/mol. The largest absolute Gasteiger partial charge is 0.481 e. The van der Waals surface area contributed by atoms with E-state index < -0.39 is 0 Å². The molecule has 4 rings (SSSR count). The van der Waals surface area contributed by atoms with Crippen molar-refractivity contribution in [3.8, 4) is 5.88 Å². The van der Waals surface area contributed by atoms with Crippen molar-refractivity contribution in [2.24, 2.45) is 10.7 Å². The molecular weight excluding hydrogens is 339 g/mol. The number of H-pyrrole nitrogens is 1. The van der Waals surface area contributed by atoms with E-state index in [-0.39, 0.29) is 11.8 Å². The average Bonchev–Trinajstić information content (AvgIpc) is 2.86. The molecule has 0 bridgehead atoms. The van der Waals surface area contributed by atoms with Crippen LogP contribution in [0.4, 0.5) is 5.69 Å². The summed E-state index contributed by atoms with van der Waals surface area (Å²) in [6.07, 6.45) is 0. The van der Waals surface area contributed by atoms with Crippen LogP contribution in [-0.2, 0) is 4.74 Å². The normalized spacial score (nSPS) is 18.6. The number of ether oxygens (including phenoxy) is 2. The molecule has 3 heterocycles. The van der Waals surface area contributed by atoms with Crippen molar-refractivity contribution in [2.75, 3.05) is 7.11 Å². The molecule has 8 heteroatoms. The second-order valence-electron chi connectivity index (χ2n) is 5.30. The minimum Gasteiger partial charge on any atom is -0.481 e. The number of rotatable bonds is 0. The summed E-state index contributed by atoms with van der Waals surface area (Å²) in [5.41, 5.74) is 8.93. The lowest BCUT2D eigenvalue weighted by molar-refractivity contribution is 0.361. The summed E-state index contributed by atoms with van der Waals surface area (Å²) in [4.78, 5) is 12.0. The molecule has 6 nitrogen and oxygen atoms in total. The van der Waals surface area contributed by atoms with Crippen LogP contribution in [0.15, 0.2) is 28.6 Å². The van der Waals surface area contributed by atoms with E-state index in [0.717, 1.165) is 17.1 Å². The van der Waals surface area contributed by atoms with Crippen LogP contribution in [0.5, 0.6) is 5.88 Å². The standard InChI is InChI=1S/C15H12Cl2N4O2/c1-5-19-12-9-7-3-6(16)4-8(17)11(7)21-14(22-2)10(9)13(18)23-15(12)20-5/h3-4,9H,18H2,1-2H3,(H,19,20). The molecule has 2 aliphatic heterocycles. The van der Waals surface area contributed by atoms with E-state index in [4.69, 9.17) is 38.4 Å². The Hall–Kier alpha value is -2.18. The second kappa shape index (κ2) is 4.91. The van der Waals surface area contributed by atoms with Crippen LogP contribution in [0.25, 0.3) is 0 Å². The van der Waals surface area contributed by atoms with Crippen LogP contribution in [0.1, 0.15) is 23.0 Å². The Labute approximate surface area is 141 Å². The van der Waals surface area contributed by atoms with Crippen LogP contribution in [-0.4, -0.2) is 23.0 Å². The molecule has 1 aromatic heterocycles. The maximum atomic E-state index is 6.32. The summed E-state index contributed by atoms with van der Waals surface area (Å²) in [5.74, 6) is 1.45. The molecule has 0 aliphatic carbocycles. The fraction of sp³-hybridized carbons (Fsp3) is 0.200. The lowest BCUT2D eigenvalue weighted by Gasteiger charge is -2.30. The molecule has 23 heavy (non-hydrogen) atoms. The van der Waals surface area contributed by atoms with Gasteiger partial charge in [-0.2, -0.15) is 4.98 Å². The third-order valence-electron chi connectivity index (χ3n) is 3.87. The molecule has 0 spiro atoms. The first-order valence-electron chi connectivity index (χ1n) is 6.85. The van der Waals surface area contributed by atoms with Gasteiger partial charge >= 0.3 is 0 Å². The number of aliphatic imine (C=N–C) groups is 1. The van der Waals surface area contributed by atoms with Gasteiger partial charge in [-0.3, -0.25) is 0 Å². The zero-order chi connectivity index (χ0) is 16.3. The van der Waals surface area contributed by atoms with Crippen LogP contribution in [0.2, 0.25) is 10.0 Å². The van der Waals surface area contributed by atoms with Crippen LogP contribution >= 0.6 is 23.2 Å².